The molecule has 0 saturated heterocycles. The summed E-state index contributed by atoms with van der Waals surface area (Å²) in [5, 5.41) is 12.3. The molecular weight excluding hydrogens is 251 g/mol. The molecular formula is C10H8F3N3O2. The molecule has 18 heavy (non-hydrogen) atoms. The summed E-state index contributed by atoms with van der Waals surface area (Å²) in [6.07, 6.45) is -2.10. The van der Waals surface area contributed by atoms with Crippen LogP contribution in [0.3, 0.4) is 0 Å². The maximum absolute atomic E-state index is 12.8. The van der Waals surface area contributed by atoms with Crippen LogP contribution in [-0.4, -0.2) is 31.9 Å². The third-order valence-corrected chi connectivity index (χ3v) is 2.44. The zero-order valence-corrected chi connectivity index (χ0v) is 8.92. The SMILES string of the molecule is O=C(O)CC(c1cnc2ccnn2c1)C(F)(F)F. The lowest BCUT2D eigenvalue weighted by molar-refractivity contribution is -0.163. The summed E-state index contributed by atoms with van der Waals surface area (Å²) in [6, 6.07) is 1.53. The lowest BCUT2D eigenvalue weighted by Gasteiger charge is -2.18. The predicted molar refractivity (Wildman–Crippen MR) is 54.0 cm³/mol. The number of carboxylic acids is 1. The molecule has 1 atom stereocenters. The molecule has 0 bridgehead atoms. The van der Waals surface area contributed by atoms with Gasteiger partial charge in [-0.15, -0.1) is 0 Å². The summed E-state index contributed by atoms with van der Waals surface area (Å²) in [6.45, 7) is 0. The summed E-state index contributed by atoms with van der Waals surface area (Å²) < 4.78 is 39.5. The van der Waals surface area contributed by atoms with Gasteiger partial charge in [0.15, 0.2) is 5.65 Å². The first kappa shape index (κ1) is 12.3. The molecule has 0 amide bonds. The maximum atomic E-state index is 12.8. The summed E-state index contributed by atoms with van der Waals surface area (Å²) in [5.74, 6) is -3.60. The molecule has 2 aromatic rings. The summed E-state index contributed by atoms with van der Waals surface area (Å²) >= 11 is 0. The van der Waals surface area contributed by atoms with E-state index in [1.807, 2.05) is 0 Å². The zero-order chi connectivity index (χ0) is 13.3. The monoisotopic (exact) mass is 259 g/mol. The van der Waals surface area contributed by atoms with Gasteiger partial charge in [-0.3, -0.25) is 4.79 Å². The number of alkyl halides is 3. The Labute approximate surface area is 98.9 Å². The minimum absolute atomic E-state index is 0.221. The molecule has 0 aliphatic rings. The van der Waals surface area contributed by atoms with Crippen molar-refractivity contribution in [3.63, 3.8) is 0 Å². The highest BCUT2D eigenvalue weighted by atomic mass is 19.4. The Balaban J connectivity index is 2.43. The molecule has 96 valence electrons. The largest absolute Gasteiger partial charge is 0.481 e. The Hall–Kier alpha value is -2.12. The van der Waals surface area contributed by atoms with Crippen LogP contribution in [0.5, 0.6) is 0 Å². The van der Waals surface area contributed by atoms with E-state index in [0.717, 1.165) is 12.4 Å². The number of halogens is 3. The van der Waals surface area contributed by atoms with Crippen LogP contribution < -0.4 is 0 Å². The highest BCUT2D eigenvalue weighted by molar-refractivity contribution is 5.68. The molecule has 2 aromatic heterocycles. The number of carboxylic acid groups (broad SMARTS) is 1. The number of carbonyl (C=O) groups is 1. The second-order valence-corrected chi connectivity index (χ2v) is 3.71. The van der Waals surface area contributed by atoms with E-state index in [-0.39, 0.29) is 5.56 Å². The molecule has 2 rings (SSSR count). The Morgan fingerprint density at radius 3 is 2.83 bits per heavy atom. The Kier molecular flexibility index (Phi) is 2.93. The summed E-state index contributed by atoms with van der Waals surface area (Å²) in [5.41, 5.74) is 0.177. The molecule has 1 N–H and O–H groups in total. The number of aliphatic carboxylic acids is 1. The fourth-order valence-electron chi connectivity index (χ4n) is 1.60. The van der Waals surface area contributed by atoms with Crippen molar-refractivity contribution in [2.24, 2.45) is 0 Å². The molecule has 2 heterocycles. The number of hydrogen-bond donors (Lipinski definition) is 1. The van der Waals surface area contributed by atoms with Crippen LogP contribution in [0, 0.1) is 0 Å². The minimum Gasteiger partial charge on any atom is -0.481 e. The molecule has 0 aliphatic carbocycles. The number of rotatable bonds is 3. The van der Waals surface area contributed by atoms with Crippen molar-refractivity contribution in [2.75, 3.05) is 0 Å². The van der Waals surface area contributed by atoms with Crippen molar-refractivity contribution < 1.29 is 23.1 Å². The number of aromatic nitrogens is 3. The Morgan fingerprint density at radius 2 is 2.22 bits per heavy atom. The van der Waals surface area contributed by atoms with Crippen molar-refractivity contribution in [1.29, 1.82) is 0 Å². The van der Waals surface area contributed by atoms with Gasteiger partial charge in [0.1, 0.15) is 0 Å². The molecule has 8 heteroatoms. The number of fused-ring (bicyclic) bond motifs is 1. The van der Waals surface area contributed by atoms with Gasteiger partial charge in [0.25, 0.3) is 0 Å². The van der Waals surface area contributed by atoms with Gasteiger partial charge < -0.3 is 5.11 Å². The van der Waals surface area contributed by atoms with Crippen molar-refractivity contribution in [3.05, 3.63) is 30.2 Å². The smallest absolute Gasteiger partial charge is 0.396 e. The van der Waals surface area contributed by atoms with E-state index < -0.39 is 24.5 Å². The van der Waals surface area contributed by atoms with Crippen LogP contribution >= 0.6 is 0 Å². The van der Waals surface area contributed by atoms with Gasteiger partial charge in [-0.25, -0.2) is 9.50 Å². The van der Waals surface area contributed by atoms with E-state index in [9.17, 15) is 18.0 Å². The van der Waals surface area contributed by atoms with Crippen LogP contribution in [0.25, 0.3) is 5.65 Å². The van der Waals surface area contributed by atoms with Crippen LogP contribution in [0.15, 0.2) is 24.7 Å². The van der Waals surface area contributed by atoms with Crippen LogP contribution in [0.1, 0.15) is 17.9 Å². The second-order valence-electron chi connectivity index (χ2n) is 3.71. The quantitative estimate of drug-likeness (QED) is 0.913. The van der Waals surface area contributed by atoms with Crippen molar-refractivity contribution in [2.45, 2.75) is 18.5 Å². The molecule has 5 nitrogen and oxygen atoms in total. The third-order valence-electron chi connectivity index (χ3n) is 2.44. The first-order valence-electron chi connectivity index (χ1n) is 4.95. The van der Waals surface area contributed by atoms with E-state index in [4.69, 9.17) is 5.11 Å². The van der Waals surface area contributed by atoms with E-state index >= 15 is 0 Å². The van der Waals surface area contributed by atoms with Gasteiger partial charge in [-0.2, -0.15) is 18.3 Å². The summed E-state index contributed by atoms with van der Waals surface area (Å²) in [4.78, 5) is 14.3. The maximum Gasteiger partial charge on any atom is 0.396 e. The van der Waals surface area contributed by atoms with E-state index in [1.165, 1.54) is 16.8 Å². The van der Waals surface area contributed by atoms with Crippen LogP contribution in [0.2, 0.25) is 0 Å². The minimum atomic E-state index is -4.64. The molecule has 0 fully saturated rings. The fraction of sp³-hybridized carbons (Fsp3) is 0.300. The molecule has 1 unspecified atom stereocenters. The lowest BCUT2D eigenvalue weighted by atomic mass is 9.98. The third kappa shape index (κ3) is 2.41. The van der Waals surface area contributed by atoms with Crippen molar-refractivity contribution >= 4 is 11.6 Å². The number of nitrogens with zero attached hydrogens (tertiary/aromatic N) is 3. The van der Waals surface area contributed by atoms with Crippen LogP contribution in [0.4, 0.5) is 13.2 Å². The zero-order valence-electron chi connectivity index (χ0n) is 8.92. The Morgan fingerprint density at radius 1 is 1.50 bits per heavy atom. The van der Waals surface area contributed by atoms with Crippen molar-refractivity contribution in [3.8, 4) is 0 Å². The first-order valence-corrected chi connectivity index (χ1v) is 4.95. The fourth-order valence-corrected chi connectivity index (χ4v) is 1.60. The molecule has 0 aromatic carbocycles. The standard InChI is InChI=1S/C10H8F3N3O2/c11-10(12,13)7(3-9(17)18)6-4-14-8-1-2-15-16(8)5-6/h1-2,4-5,7H,3H2,(H,17,18). The molecule has 0 saturated carbocycles. The Bertz CT molecular complexity index is 579. The molecule has 0 radical (unpaired) electrons. The van der Waals surface area contributed by atoms with E-state index in [1.54, 1.807) is 0 Å². The average Bonchev–Trinajstić information content (AvgIpc) is 2.70. The predicted octanol–water partition coefficient (Wildman–Crippen LogP) is 1.85. The van der Waals surface area contributed by atoms with Gasteiger partial charge in [-0.05, 0) is 0 Å². The van der Waals surface area contributed by atoms with Gasteiger partial charge in [0, 0.05) is 24.0 Å². The van der Waals surface area contributed by atoms with Gasteiger partial charge in [0.2, 0.25) is 0 Å². The van der Waals surface area contributed by atoms with E-state index in [0.29, 0.717) is 5.65 Å². The highest BCUT2D eigenvalue weighted by Gasteiger charge is 2.42. The van der Waals surface area contributed by atoms with Gasteiger partial charge >= 0.3 is 12.1 Å². The normalized spacial score (nSPS) is 13.7. The van der Waals surface area contributed by atoms with E-state index in [2.05, 4.69) is 10.1 Å². The average molecular weight is 259 g/mol. The lowest BCUT2D eigenvalue weighted by Crippen LogP contribution is -2.24. The molecule has 0 aliphatic heterocycles. The van der Waals surface area contributed by atoms with Gasteiger partial charge in [0.05, 0.1) is 18.5 Å². The topological polar surface area (TPSA) is 67.5 Å². The first-order chi connectivity index (χ1) is 8.38. The van der Waals surface area contributed by atoms with Gasteiger partial charge in [-0.1, -0.05) is 0 Å². The summed E-state index contributed by atoms with van der Waals surface area (Å²) in [7, 11) is 0. The second kappa shape index (κ2) is 4.28. The van der Waals surface area contributed by atoms with Crippen LogP contribution in [-0.2, 0) is 4.79 Å². The highest BCUT2D eigenvalue weighted by Crippen LogP contribution is 2.37. The number of hydrogen-bond acceptors (Lipinski definition) is 3. The molecule has 0 spiro atoms. The van der Waals surface area contributed by atoms with Crippen molar-refractivity contribution in [1.82, 2.24) is 14.6 Å².